The van der Waals surface area contributed by atoms with Crippen LogP contribution in [0.2, 0.25) is 0 Å². The molecule has 1 N–H and O–H groups in total. The van der Waals surface area contributed by atoms with E-state index in [1.165, 1.54) is 18.1 Å². The quantitative estimate of drug-likeness (QED) is 0.133. The average molecular weight is 762 g/mol. The predicted octanol–water partition coefficient (Wildman–Crippen LogP) is 7.03. The summed E-state index contributed by atoms with van der Waals surface area (Å²) < 4.78 is 6.36. The lowest BCUT2D eigenvalue weighted by Gasteiger charge is -2.55. The maximum absolute atomic E-state index is 15.1. The molecule has 0 radical (unpaired) electrons. The van der Waals surface area contributed by atoms with E-state index in [2.05, 4.69) is 22.6 Å². The van der Waals surface area contributed by atoms with E-state index in [1.807, 2.05) is 84.9 Å². The van der Waals surface area contributed by atoms with Crippen LogP contribution in [0.4, 0.5) is 5.69 Å². The molecule has 3 aliphatic carbocycles. The topological polar surface area (TPSA) is 101 Å². The molecular weight excluding hydrogens is 729 g/mol. The summed E-state index contributed by atoms with van der Waals surface area (Å²) in [7, 11) is 1.47. The van der Waals surface area contributed by atoms with E-state index in [0.717, 1.165) is 9.14 Å². The van der Waals surface area contributed by atoms with E-state index in [1.54, 1.807) is 24.3 Å². The zero-order valence-corrected chi connectivity index (χ0v) is 28.7. The molecule has 4 aliphatic rings. The molecule has 4 aromatic carbocycles. The van der Waals surface area contributed by atoms with Gasteiger partial charge in [0, 0.05) is 21.0 Å². The molecule has 6 unspecified atom stereocenters. The number of carbonyl (C=O) groups is 4. The molecule has 0 bridgehead atoms. The van der Waals surface area contributed by atoms with Gasteiger partial charge in [-0.1, -0.05) is 78.4 Å². The molecule has 2 amide bonds. The number of ether oxygens (including phenoxy) is 1. The molecule has 6 atom stereocenters. The minimum absolute atomic E-state index is 0.0942. The number of Topliss-reactive ketones (excluding diaryl/α,β-unsaturated/α-hetero) is 1. The second-order valence-corrected chi connectivity index (χ2v) is 14.5. The minimum Gasteiger partial charge on any atom is -0.504 e. The highest BCUT2D eigenvalue weighted by molar-refractivity contribution is 14.1. The zero-order chi connectivity index (χ0) is 34.0. The molecule has 1 saturated heterocycles. The van der Waals surface area contributed by atoms with Crippen molar-refractivity contribution in [1.82, 2.24) is 0 Å². The Labute approximate surface area is 297 Å². The first-order chi connectivity index (χ1) is 23.7. The van der Waals surface area contributed by atoms with Crippen molar-refractivity contribution in [3.8, 4) is 11.5 Å². The SMILES string of the molecule is COc1ccc(C2C3=CCC4C(=O)N(c5ccc(I)cc5)C(=O)C4C3CC3C(=O)C(c4ccccc4)=CC(=O)C32c2ccccc2)cc1O. The van der Waals surface area contributed by atoms with Gasteiger partial charge in [-0.15, -0.1) is 0 Å². The smallest absolute Gasteiger partial charge is 0.238 e. The van der Waals surface area contributed by atoms with Crippen molar-refractivity contribution >= 4 is 57.2 Å². The summed E-state index contributed by atoms with van der Waals surface area (Å²) in [6.45, 7) is 0. The number of methoxy groups -OCH3 is 1. The summed E-state index contributed by atoms with van der Waals surface area (Å²) in [6.07, 6.45) is 4.06. The standard InChI is InChI=1S/C41H32INO6/c1-49-34-19-12-24(20-33(34)44)37-28-17-18-29-36(40(48)43(39(29)47)27-15-13-26(42)14-16-27)31(28)21-32-38(46)30(23-8-4-2-5-9-23)22-35(45)41(32,37)25-10-6-3-7-11-25/h2-17,19-20,22,29,31-32,36-37,44H,18,21H2,1H3. The van der Waals surface area contributed by atoms with Gasteiger partial charge in [-0.25, -0.2) is 0 Å². The molecule has 0 aromatic heterocycles. The lowest BCUT2D eigenvalue weighted by molar-refractivity contribution is -0.135. The molecule has 8 heteroatoms. The molecule has 8 rings (SSSR count). The van der Waals surface area contributed by atoms with Crippen molar-refractivity contribution in [1.29, 1.82) is 0 Å². The Morgan fingerprint density at radius 1 is 0.837 bits per heavy atom. The monoisotopic (exact) mass is 761 g/mol. The number of phenolic OH excluding ortho intramolecular Hbond substituents is 1. The number of rotatable bonds is 5. The van der Waals surface area contributed by atoms with Gasteiger partial charge >= 0.3 is 0 Å². The van der Waals surface area contributed by atoms with E-state index in [9.17, 15) is 19.5 Å². The van der Waals surface area contributed by atoms with Gasteiger partial charge in [0.2, 0.25) is 11.8 Å². The number of aromatic hydroxyl groups is 1. The van der Waals surface area contributed by atoms with Crippen molar-refractivity contribution in [3.05, 3.63) is 141 Å². The van der Waals surface area contributed by atoms with Crippen LogP contribution in [-0.4, -0.2) is 35.6 Å². The third-order valence-corrected chi connectivity index (χ3v) is 11.7. The Bertz CT molecular complexity index is 2090. The first kappa shape index (κ1) is 31.4. The van der Waals surface area contributed by atoms with Gasteiger partial charge in [-0.05, 0) is 101 Å². The summed E-state index contributed by atoms with van der Waals surface area (Å²) in [5.41, 5.74) is 2.32. The van der Waals surface area contributed by atoms with Gasteiger partial charge in [0.25, 0.3) is 0 Å². The van der Waals surface area contributed by atoms with Crippen LogP contribution < -0.4 is 9.64 Å². The molecule has 1 aliphatic heterocycles. The summed E-state index contributed by atoms with van der Waals surface area (Å²) in [5, 5.41) is 11.1. The fraction of sp³-hybridized carbons (Fsp3) is 0.220. The number of fused-ring (bicyclic) bond motifs is 4. The highest BCUT2D eigenvalue weighted by Crippen LogP contribution is 2.64. The van der Waals surface area contributed by atoms with E-state index in [4.69, 9.17) is 4.74 Å². The van der Waals surface area contributed by atoms with Crippen LogP contribution in [-0.2, 0) is 24.6 Å². The normalized spacial score (nSPS) is 27.6. The van der Waals surface area contributed by atoms with Crippen molar-refractivity contribution in [2.75, 3.05) is 12.0 Å². The number of benzene rings is 4. The van der Waals surface area contributed by atoms with Crippen LogP contribution in [0.5, 0.6) is 11.5 Å². The lowest BCUT2D eigenvalue weighted by Crippen LogP contribution is -2.58. The molecule has 1 saturated carbocycles. The molecule has 1 heterocycles. The Balaban J connectivity index is 1.36. The number of hydrogen-bond acceptors (Lipinski definition) is 6. The number of amides is 2. The van der Waals surface area contributed by atoms with Crippen molar-refractivity contribution in [3.63, 3.8) is 0 Å². The van der Waals surface area contributed by atoms with Crippen LogP contribution in [0, 0.1) is 27.2 Å². The van der Waals surface area contributed by atoms with Gasteiger partial charge in [0.15, 0.2) is 23.1 Å². The summed E-state index contributed by atoms with van der Waals surface area (Å²) >= 11 is 2.19. The largest absolute Gasteiger partial charge is 0.504 e. The number of hydrogen-bond donors (Lipinski definition) is 1. The number of carbonyl (C=O) groups excluding carboxylic acids is 4. The summed E-state index contributed by atoms with van der Waals surface area (Å²) in [4.78, 5) is 59.8. The number of anilines is 1. The van der Waals surface area contributed by atoms with Crippen molar-refractivity contribution in [2.24, 2.45) is 23.7 Å². The Morgan fingerprint density at radius 2 is 1.53 bits per heavy atom. The van der Waals surface area contributed by atoms with Crippen LogP contribution in [0.25, 0.3) is 5.57 Å². The van der Waals surface area contributed by atoms with Crippen LogP contribution in [0.3, 0.4) is 0 Å². The summed E-state index contributed by atoms with van der Waals surface area (Å²) in [6, 6.07) is 31.0. The van der Waals surface area contributed by atoms with Gasteiger partial charge in [0.1, 0.15) is 0 Å². The number of allylic oxidation sites excluding steroid dienone is 4. The predicted molar refractivity (Wildman–Crippen MR) is 193 cm³/mol. The van der Waals surface area contributed by atoms with Crippen LogP contribution in [0.15, 0.2) is 121 Å². The molecular formula is C41H32INO6. The Kier molecular flexibility index (Phi) is 7.66. The van der Waals surface area contributed by atoms with E-state index >= 15 is 4.79 Å². The van der Waals surface area contributed by atoms with E-state index in [-0.39, 0.29) is 41.3 Å². The van der Waals surface area contributed by atoms with Crippen LogP contribution >= 0.6 is 22.6 Å². The maximum atomic E-state index is 15.1. The lowest BCUT2D eigenvalue weighted by atomic mass is 9.44. The molecule has 4 aromatic rings. The third-order valence-electron chi connectivity index (χ3n) is 11.0. The third kappa shape index (κ3) is 4.67. The number of nitrogens with zero attached hydrogens (tertiary/aromatic N) is 1. The van der Waals surface area contributed by atoms with Crippen LogP contribution in [0.1, 0.15) is 35.4 Å². The molecule has 244 valence electrons. The Morgan fingerprint density at radius 3 is 2.20 bits per heavy atom. The molecule has 0 spiro atoms. The van der Waals surface area contributed by atoms with Gasteiger partial charge in [-0.2, -0.15) is 0 Å². The fourth-order valence-corrected chi connectivity index (χ4v) is 9.34. The number of phenols is 1. The molecule has 7 nitrogen and oxygen atoms in total. The number of halogens is 1. The maximum Gasteiger partial charge on any atom is 0.238 e. The zero-order valence-electron chi connectivity index (χ0n) is 26.6. The van der Waals surface area contributed by atoms with Crippen molar-refractivity contribution in [2.45, 2.75) is 24.2 Å². The Hall–Kier alpha value is -4.83. The van der Waals surface area contributed by atoms with Gasteiger partial charge < -0.3 is 9.84 Å². The molecule has 49 heavy (non-hydrogen) atoms. The number of imide groups is 1. The van der Waals surface area contributed by atoms with Gasteiger partial charge in [0.05, 0.1) is 30.0 Å². The average Bonchev–Trinajstić information content (AvgIpc) is 3.38. The number of ketones is 2. The van der Waals surface area contributed by atoms with Crippen molar-refractivity contribution < 1.29 is 29.0 Å². The van der Waals surface area contributed by atoms with E-state index < -0.39 is 35.0 Å². The highest BCUT2D eigenvalue weighted by atomic mass is 127. The second-order valence-electron chi connectivity index (χ2n) is 13.2. The minimum atomic E-state index is -1.37. The van der Waals surface area contributed by atoms with E-state index in [0.29, 0.717) is 34.4 Å². The van der Waals surface area contributed by atoms with Gasteiger partial charge in [-0.3, -0.25) is 24.1 Å². The summed E-state index contributed by atoms with van der Waals surface area (Å²) in [5.74, 6) is -4.09. The second kappa shape index (κ2) is 11.9. The fourth-order valence-electron chi connectivity index (χ4n) is 8.98. The highest BCUT2D eigenvalue weighted by Gasteiger charge is 2.66. The first-order valence-corrected chi connectivity index (χ1v) is 17.4. The molecule has 2 fully saturated rings. The first-order valence-electron chi connectivity index (χ1n) is 16.4.